The Morgan fingerprint density at radius 1 is 0.474 bits per heavy atom. The molecule has 0 saturated carbocycles. The lowest BCUT2D eigenvalue weighted by Crippen LogP contribution is -1.91. The van der Waals surface area contributed by atoms with Gasteiger partial charge in [0, 0.05) is 6.20 Å². The van der Waals surface area contributed by atoms with Crippen LogP contribution in [0, 0.1) is 11.3 Å². The second-order valence-corrected chi connectivity index (χ2v) is 9.49. The average Bonchev–Trinajstić information content (AvgIpc) is 3.00. The molecular formula is C36H22N2. The molecule has 0 fully saturated rings. The molecule has 2 heteroatoms. The number of hydrogen-bond donors (Lipinski definition) is 0. The van der Waals surface area contributed by atoms with Crippen molar-refractivity contribution in [1.82, 2.24) is 4.98 Å². The third-order valence-corrected chi connectivity index (χ3v) is 7.37. The number of benzene rings is 6. The van der Waals surface area contributed by atoms with E-state index in [0.717, 1.165) is 11.1 Å². The maximum absolute atomic E-state index is 9.25. The second-order valence-electron chi connectivity index (χ2n) is 9.49. The minimum atomic E-state index is 0.424. The van der Waals surface area contributed by atoms with E-state index in [0.29, 0.717) is 5.69 Å². The highest BCUT2D eigenvalue weighted by molar-refractivity contribution is 6.23. The van der Waals surface area contributed by atoms with E-state index in [1.807, 2.05) is 12.1 Å². The predicted octanol–water partition coefficient (Wildman–Crippen LogP) is 9.41. The van der Waals surface area contributed by atoms with Crippen LogP contribution >= 0.6 is 0 Å². The Balaban J connectivity index is 1.50. The molecule has 0 unspecified atom stereocenters. The molecule has 2 nitrogen and oxygen atoms in total. The van der Waals surface area contributed by atoms with Gasteiger partial charge in [0.25, 0.3) is 0 Å². The minimum Gasteiger partial charge on any atom is -0.246 e. The van der Waals surface area contributed by atoms with E-state index in [-0.39, 0.29) is 0 Å². The topological polar surface area (TPSA) is 36.7 Å². The van der Waals surface area contributed by atoms with Crippen LogP contribution in [0.15, 0.2) is 134 Å². The third kappa shape index (κ3) is 3.53. The van der Waals surface area contributed by atoms with Crippen molar-refractivity contribution in [3.05, 3.63) is 139 Å². The van der Waals surface area contributed by atoms with Crippen LogP contribution < -0.4 is 0 Å². The van der Waals surface area contributed by atoms with Crippen molar-refractivity contribution in [3.8, 4) is 39.4 Å². The molecule has 1 aromatic heterocycles. The zero-order chi connectivity index (χ0) is 25.5. The van der Waals surface area contributed by atoms with Crippen molar-refractivity contribution in [2.75, 3.05) is 0 Å². The Kier molecular flexibility index (Phi) is 5.20. The summed E-state index contributed by atoms with van der Waals surface area (Å²) in [6.07, 6.45) is 1.69. The monoisotopic (exact) mass is 482 g/mol. The van der Waals surface area contributed by atoms with Gasteiger partial charge in [0.2, 0.25) is 0 Å². The molecule has 6 aromatic carbocycles. The first-order valence-corrected chi connectivity index (χ1v) is 12.7. The molecule has 0 atom stereocenters. The largest absolute Gasteiger partial charge is 0.246 e. The third-order valence-electron chi connectivity index (χ3n) is 7.37. The number of rotatable bonds is 3. The van der Waals surface area contributed by atoms with Gasteiger partial charge >= 0.3 is 0 Å². The summed E-state index contributed by atoms with van der Waals surface area (Å²) in [4.78, 5) is 4.11. The maximum atomic E-state index is 9.25. The van der Waals surface area contributed by atoms with Crippen LogP contribution in [-0.2, 0) is 0 Å². The predicted molar refractivity (Wildman–Crippen MR) is 158 cm³/mol. The summed E-state index contributed by atoms with van der Waals surface area (Å²) in [5.74, 6) is 0. The molecule has 176 valence electrons. The van der Waals surface area contributed by atoms with Crippen molar-refractivity contribution >= 4 is 32.3 Å². The number of fused-ring (bicyclic) bond motifs is 3. The quantitative estimate of drug-likeness (QED) is 0.235. The van der Waals surface area contributed by atoms with E-state index in [4.69, 9.17) is 0 Å². The highest BCUT2D eigenvalue weighted by Gasteiger charge is 2.17. The van der Waals surface area contributed by atoms with Crippen molar-refractivity contribution in [1.29, 1.82) is 5.26 Å². The fourth-order valence-corrected chi connectivity index (χ4v) is 5.67. The SMILES string of the molecule is N#Cc1cc(-c2ccc(-c3c4ccccc4c(-c4cccc5ccccc45)c4ccccc34)cc2)ccn1. The first kappa shape index (κ1) is 22.0. The smallest absolute Gasteiger partial charge is 0.141 e. The second kappa shape index (κ2) is 9.00. The average molecular weight is 483 g/mol. The van der Waals surface area contributed by atoms with E-state index in [1.54, 1.807) is 6.20 Å². The van der Waals surface area contributed by atoms with E-state index >= 15 is 0 Å². The molecule has 38 heavy (non-hydrogen) atoms. The van der Waals surface area contributed by atoms with Crippen LogP contribution in [0.4, 0.5) is 0 Å². The van der Waals surface area contributed by atoms with Gasteiger partial charge < -0.3 is 0 Å². The first-order chi connectivity index (χ1) is 18.8. The lowest BCUT2D eigenvalue weighted by molar-refractivity contribution is 1.26. The van der Waals surface area contributed by atoms with Gasteiger partial charge in [-0.05, 0) is 77.8 Å². The minimum absolute atomic E-state index is 0.424. The Bertz CT molecular complexity index is 1970. The number of aromatic nitrogens is 1. The Labute approximate surface area is 221 Å². The molecule has 0 bridgehead atoms. The van der Waals surface area contributed by atoms with E-state index in [1.165, 1.54) is 54.6 Å². The van der Waals surface area contributed by atoms with Crippen LogP contribution in [0.2, 0.25) is 0 Å². The fraction of sp³-hybridized carbons (Fsp3) is 0. The highest BCUT2D eigenvalue weighted by Crippen LogP contribution is 2.45. The van der Waals surface area contributed by atoms with Gasteiger partial charge in [-0.25, -0.2) is 4.98 Å². The van der Waals surface area contributed by atoms with Gasteiger partial charge in [-0.2, -0.15) is 5.26 Å². The molecule has 0 spiro atoms. The molecule has 1 heterocycles. The maximum Gasteiger partial charge on any atom is 0.141 e. The van der Waals surface area contributed by atoms with Crippen molar-refractivity contribution in [2.24, 2.45) is 0 Å². The van der Waals surface area contributed by atoms with Crippen molar-refractivity contribution < 1.29 is 0 Å². The van der Waals surface area contributed by atoms with Crippen LogP contribution in [0.1, 0.15) is 5.69 Å². The fourth-order valence-electron chi connectivity index (χ4n) is 5.67. The van der Waals surface area contributed by atoms with Crippen molar-refractivity contribution in [2.45, 2.75) is 0 Å². The van der Waals surface area contributed by atoms with Crippen LogP contribution in [-0.4, -0.2) is 4.98 Å². The number of nitriles is 1. The molecule has 0 N–H and O–H groups in total. The Hall–Kier alpha value is -5.26. The number of pyridine rings is 1. The van der Waals surface area contributed by atoms with Gasteiger partial charge in [0.1, 0.15) is 11.8 Å². The molecule has 7 rings (SSSR count). The van der Waals surface area contributed by atoms with Crippen molar-refractivity contribution in [3.63, 3.8) is 0 Å². The lowest BCUT2D eigenvalue weighted by Gasteiger charge is -2.19. The summed E-state index contributed by atoms with van der Waals surface area (Å²) >= 11 is 0. The van der Waals surface area contributed by atoms with Gasteiger partial charge in [0.05, 0.1) is 0 Å². The van der Waals surface area contributed by atoms with Crippen LogP contribution in [0.3, 0.4) is 0 Å². The number of hydrogen-bond acceptors (Lipinski definition) is 2. The van der Waals surface area contributed by atoms with Crippen LogP contribution in [0.25, 0.3) is 65.7 Å². The van der Waals surface area contributed by atoms with Crippen LogP contribution in [0.5, 0.6) is 0 Å². The summed E-state index contributed by atoms with van der Waals surface area (Å²) in [6.45, 7) is 0. The summed E-state index contributed by atoms with van der Waals surface area (Å²) in [7, 11) is 0. The molecule has 0 aliphatic carbocycles. The van der Waals surface area contributed by atoms with E-state index in [2.05, 4.69) is 126 Å². The van der Waals surface area contributed by atoms with Gasteiger partial charge in [-0.1, -0.05) is 115 Å². The number of nitrogens with zero attached hydrogens (tertiary/aromatic N) is 2. The summed E-state index contributed by atoms with van der Waals surface area (Å²) in [5, 5.41) is 16.7. The Morgan fingerprint density at radius 3 is 1.68 bits per heavy atom. The van der Waals surface area contributed by atoms with Gasteiger partial charge in [-0.3, -0.25) is 0 Å². The normalized spacial score (nSPS) is 11.1. The molecule has 0 aliphatic rings. The lowest BCUT2D eigenvalue weighted by atomic mass is 9.84. The van der Waals surface area contributed by atoms with E-state index < -0.39 is 0 Å². The summed E-state index contributed by atoms with van der Waals surface area (Å²) in [5.41, 5.74) is 7.40. The van der Waals surface area contributed by atoms with E-state index in [9.17, 15) is 5.26 Å². The zero-order valence-electron chi connectivity index (χ0n) is 20.6. The molecule has 0 aliphatic heterocycles. The zero-order valence-corrected chi connectivity index (χ0v) is 20.6. The van der Waals surface area contributed by atoms with Gasteiger partial charge in [-0.15, -0.1) is 0 Å². The first-order valence-electron chi connectivity index (χ1n) is 12.7. The summed E-state index contributed by atoms with van der Waals surface area (Å²) < 4.78 is 0. The molecule has 0 saturated heterocycles. The highest BCUT2D eigenvalue weighted by atomic mass is 14.7. The molecular weight excluding hydrogens is 460 g/mol. The standard InChI is InChI=1S/C36H22N2/c37-23-28-22-27(20-21-38-28)24-16-18-26(19-17-24)35-31-11-3-5-13-33(31)36(34-14-6-4-12-32(34)35)30-15-7-9-25-8-1-2-10-29(25)30/h1-22H. The molecule has 7 aromatic rings. The molecule has 0 radical (unpaired) electrons. The Morgan fingerprint density at radius 2 is 1.03 bits per heavy atom. The summed E-state index contributed by atoms with van der Waals surface area (Å²) in [6, 6.07) is 47.2. The molecule has 0 amide bonds. The van der Waals surface area contributed by atoms with Gasteiger partial charge in [0.15, 0.2) is 0 Å².